The highest BCUT2D eigenvalue weighted by Gasteiger charge is 2.36. The Morgan fingerprint density at radius 3 is 3.00 bits per heavy atom. The number of nitrogens with zero attached hydrogens (tertiary/aromatic N) is 3. The predicted octanol–water partition coefficient (Wildman–Crippen LogP) is 2.06. The third kappa shape index (κ3) is 2.11. The first-order valence-corrected chi connectivity index (χ1v) is 6.93. The molecule has 1 aliphatic carbocycles. The average molecular weight is 273 g/mol. The number of aromatic nitrogens is 2. The van der Waals surface area contributed by atoms with Crippen molar-refractivity contribution in [1.29, 1.82) is 0 Å². The van der Waals surface area contributed by atoms with Gasteiger partial charge in [-0.2, -0.15) is 4.98 Å². The van der Waals surface area contributed by atoms with Gasteiger partial charge in [-0.05, 0) is 25.0 Å². The van der Waals surface area contributed by atoms with Gasteiger partial charge in [0.2, 0.25) is 11.8 Å². The van der Waals surface area contributed by atoms with Gasteiger partial charge in [-0.25, -0.2) is 0 Å². The molecule has 2 aromatic heterocycles. The Bertz CT molecular complexity index is 615. The summed E-state index contributed by atoms with van der Waals surface area (Å²) in [5, 5.41) is 4.01. The van der Waals surface area contributed by atoms with Crippen LogP contribution in [0.25, 0.3) is 0 Å². The molecule has 4 rings (SSSR count). The van der Waals surface area contributed by atoms with Crippen molar-refractivity contribution < 1.29 is 13.7 Å². The molecule has 0 unspecified atom stereocenters. The molecular formula is C14H15N3O3. The molecule has 20 heavy (non-hydrogen) atoms. The van der Waals surface area contributed by atoms with Crippen molar-refractivity contribution in [3.63, 3.8) is 0 Å². The average Bonchev–Trinajstić information content (AvgIpc) is 2.89. The lowest BCUT2D eigenvalue weighted by molar-refractivity contribution is -0.128. The van der Waals surface area contributed by atoms with Crippen LogP contribution in [0.5, 0.6) is 0 Å². The quantitative estimate of drug-likeness (QED) is 0.852. The SMILES string of the molecule is O=C1C[C@@H](c2nc(C3CC3)no2)CN1Cc1ccco1. The molecule has 1 atom stereocenters. The lowest BCUT2D eigenvalue weighted by atomic mass is 10.1. The first kappa shape index (κ1) is 11.7. The zero-order chi connectivity index (χ0) is 13.5. The molecular weight excluding hydrogens is 258 g/mol. The third-order valence-corrected chi connectivity index (χ3v) is 3.89. The van der Waals surface area contributed by atoms with E-state index in [-0.39, 0.29) is 11.8 Å². The minimum Gasteiger partial charge on any atom is -0.467 e. The van der Waals surface area contributed by atoms with E-state index in [1.54, 1.807) is 11.2 Å². The smallest absolute Gasteiger partial charge is 0.232 e. The fourth-order valence-corrected chi connectivity index (χ4v) is 2.60. The van der Waals surface area contributed by atoms with Gasteiger partial charge in [0.1, 0.15) is 5.76 Å². The lowest BCUT2D eigenvalue weighted by Gasteiger charge is -2.13. The molecule has 0 spiro atoms. The molecule has 6 heteroatoms. The van der Waals surface area contributed by atoms with Gasteiger partial charge in [0.15, 0.2) is 5.82 Å². The highest BCUT2D eigenvalue weighted by Crippen LogP contribution is 2.39. The first-order chi connectivity index (χ1) is 9.79. The molecule has 0 radical (unpaired) electrons. The van der Waals surface area contributed by atoms with Crippen molar-refractivity contribution >= 4 is 5.91 Å². The summed E-state index contributed by atoms with van der Waals surface area (Å²) >= 11 is 0. The molecule has 0 bridgehead atoms. The van der Waals surface area contributed by atoms with Gasteiger partial charge in [-0.1, -0.05) is 5.16 Å². The summed E-state index contributed by atoms with van der Waals surface area (Å²) in [5.41, 5.74) is 0. The fraction of sp³-hybridized carbons (Fsp3) is 0.500. The van der Waals surface area contributed by atoms with Crippen LogP contribution in [0.4, 0.5) is 0 Å². The Balaban J connectivity index is 1.46. The van der Waals surface area contributed by atoms with Crippen LogP contribution in [0.1, 0.15) is 48.6 Å². The summed E-state index contributed by atoms with van der Waals surface area (Å²) < 4.78 is 10.6. The summed E-state index contributed by atoms with van der Waals surface area (Å²) in [6, 6.07) is 3.70. The second kappa shape index (κ2) is 4.47. The standard InChI is InChI=1S/C14H15N3O3/c18-12-6-10(7-17(12)8-11-2-1-5-19-11)14-15-13(16-20-14)9-3-4-9/h1-2,5,9-10H,3-4,6-8H2/t10-/m1/s1. The van der Waals surface area contributed by atoms with Crippen molar-refractivity contribution in [3.8, 4) is 0 Å². The van der Waals surface area contributed by atoms with E-state index in [4.69, 9.17) is 8.94 Å². The summed E-state index contributed by atoms with van der Waals surface area (Å²) in [6.45, 7) is 1.12. The van der Waals surface area contributed by atoms with Crippen molar-refractivity contribution in [3.05, 3.63) is 35.9 Å². The van der Waals surface area contributed by atoms with Gasteiger partial charge < -0.3 is 13.8 Å². The third-order valence-electron chi connectivity index (χ3n) is 3.89. The van der Waals surface area contributed by atoms with E-state index in [1.807, 2.05) is 12.1 Å². The zero-order valence-corrected chi connectivity index (χ0v) is 11.0. The van der Waals surface area contributed by atoms with Crippen molar-refractivity contribution in [2.24, 2.45) is 0 Å². The lowest BCUT2D eigenvalue weighted by Crippen LogP contribution is -2.24. The second-order valence-corrected chi connectivity index (χ2v) is 5.52. The number of hydrogen-bond donors (Lipinski definition) is 0. The maximum absolute atomic E-state index is 12.0. The molecule has 2 aliphatic rings. The molecule has 0 aromatic carbocycles. The maximum Gasteiger partial charge on any atom is 0.232 e. The molecule has 6 nitrogen and oxygen atoms in total. The predicted molar refractivity (Wildman–Crippen MR) is 67.8 cm³/mol. The van der Waals surface area contributed by atoms with Crippen molar-refractivity contribution in [2.45, 2.75) is 37.6 Å². The molecule has 0 N–H and O–H groups in total. The number of likely N-dealkylation sites (tertiary alicyclic amines) is 1. The molecule has 1 saturated carbocycles. The largest absolute Gasteiger partial charge is 0.467 e. The number of amides is 1. The van der Waals surface area contributed by atoms with Crippen molar-refractivity contribution in [1.82, 2.24) is 15.0 Å². The summed E-state index contributed by atoms with van der Waals surface area (Å²) in [4.78, 5) is 18.3. The summed E-state index contributed by atoms with van der Waals surface area (Å²) in [6.07, 6.45) is 4.35. The maximum atomic E-state index is 12.0. The van der Waals surface area contributed by atoms with Crippen LogP contribution in [0.15, 0.2) is 27.3 Å². The highest BCUT2D eigenvalue weighted by molar-refractivity contribution is 5.79. The Morgan fingerprint density at radius 2 is 2.25 bits per heavy atom. The van der Waals surface area contributed by atoms with Crippen LogP contribution >= 0.6 is 0 Å². The van der Waals surface area contributed by atoms with Gasteiger partial charge in [0.25, 0.3) is 0 Å². The van der Waals surface area contributed by atoms with E-state index in [0.29, 0.717) is 31.3 Å². The Labute approximate surface area is 115 Å². The molecule has 1 amide bonds. The van der Waals surface area contributed by atoms with E-state index in [1.165, 1.54) is 0 Å². The minimum atomic E-state index is 0.0115. The van der Waals surface area contributed by atoms with Crippen LogP contribution in [0.3, 0.4) is 0 Å². The number of hydrogen-bond acceptors (Lipinski definition) is 5. The Kier molecular flexibility index (Phi) is 2.61. The molecule has 2 aromatic rings. The Hall–Kier alpha value is -2.11. The number of furan rings is 1. The van der Waals surface area contributed by atoms with Crippen LogP contribution in [0.2, 0.25) is 0 Å². The van der Waals surface area contributed by atoms with Crippen LogP contribution < -0.4 is 0 Å². The van der Waals surface area contributed by atoms with Gasteiger partial charge in [-0.3, -0.25) is 4.79 Å². The topological polar surface area (TPSA) is 72.4 Å². The second-order valence-electron chi connectivity index (χ2n) is 5.52. The van der Waals surface area contributed by atoms with E-state index >= 15 is 0 Å². The van der Waals surface area contributed by atoms with Gasteiger partial charge in [0, 0.05) is 18.9 Å². The molecule has 1 saturated heterocycles. The highest BCUT2D eigenvalue weighted by atomic mass is 16.5. The van der Waals surface area contributed by atoms with E-state index in [2.05, 4.69) is 10.1 Å². The Morgan fingerprint density at radius 1 is 1.35 bits per heavy atom. The normalized spacial score (nSPS) is 22.7. The summed E-state index contributed by atoms with van der Waals surface area (Å²) in [7, 11) is 0. The monoisotopic (exact) mass is 273 g/mol. The van der Waals surface area contributed by atoms with Gasteiger partial charge in [0.05, 0.1) is 18.7 Å². The van der Waals surface area contributed by atoms with E-state index in [9.17, 15) is 4.79 Å². The first-order valence-electron chi connectivity index (χ1n) is 6.93. The number of rotatable bonds is 4. The molecule has 104 valence electrons. The van der Waals surface area contributed by atoms with Crippen LogP contribution in [0, 0.1) is 0 Å². The van der Waals surface area contributed by atoms with Gasteiger partial charge >= 0.3 is 0 Å². The van der Waals surface area contributed by atoms with E-state index in [0.717, 1.165) is 24.4 Å². The number of carbonyl (C=O) groups excluding carboxylic acids is 1. The summed E-state index contributed by atoms with van der Waals surface area (Å²) in [5.74, 6) is 2.79. The minimum absolute atomic E-state index is 0.0115. The molecule has 2 fully saturated rings. The van der Waals surface area contributed by atoms with Crippen molar-refractivity contribution in [2.75, 3.05) is 6.54 Å². The van der Waals surface area contributed by atoms with Crippen LogP contribution in [-0.2, 0) is 11.3 Å². The zero-order valence-electron chi connectivity index (χ0n) is 11.0. The van der Waals surface area contributed by atoms with Gasteiger partial charge in [-0.15, -0.1) is 0 Å². The molecule has 1 aliphatic heterocycles. The van der Waals surface area contributed by atoms with Crippen LogP contribution in [-0.4, -0.2) is 27.5 Å². The van der Waals surface area contributed by atoms with E-state index < -0.39 is 0 Å². The molecule has 3 heterocycles. The fourth-order valence-electron chi connectivity index (χ4n) is 2.60. The number of carbonyl (C=O) groups is 1.